The molecule has 0 radical (unpaired) electrons. The first kappa shape index (κ1) is 17.7. The molecule has 144 valence electrons. The van der Waals surface area contributed by atoms with Crippen LogP contribution in [0.25, 0.3) is 0 Å². The highest BCUT2D eigenvalue weighted by Crippen LogP contribution is 2.56. The van der Waals surface area contributed by atoms with Crippen LogP contribution >= 0.6 is 0 Å². The largest absolute Gasteiger partial charge is 0.335 e. The zero-order chi connectivity index (χ0) is 19.7. The lowest BCUT2D eigenvalue weighted by Gasteiger charge is -2.60. The summed E-state index contributed by atoms with van der Waals surface area (Å²) in [6.45, 7) is 7.77. The number of carbonyl (C=O) groups excluding carboxylic acids is 2. The van der Waals surface area contributed by atoms with Crippen LogP contribution in [-0.4, -0.2) is 29.2 Å². The van der Waals surface area contributed by atoms with E-state index in [1.807, 2.05) is 18.2 Å². The van der Waals surface area contributed by atoms with Gasteiger partial charge in [0.25, 0.3) is 5.91 Å². The molecule has 0 N–H and O–H groups in total. The highest BCUT2D eigenvalue weighted by Gasteiger charge is 2.56. The number of aryl methyl sites for hydroxylation is 1. The molecule has 1 aliphatic heterocycles. The highest BCUT2D eigenvalue weighted by atomic mass is 16.2. The molecule has 0 spiro atoms. The van der Waals surface area contributed by atoms with E-state index < -0.39 is 0 Å². The number of hydrogen-bond donors (Lipinski definition) is 0. The molecular formula is C25H27NO2. The molecule has 2 aliphatic carbocycles. The molecule has 2 aromatic carbocycles. The van der Waals surface area contributed by atoms with Gasteiger partial charge in [-0.15, -0.1) is 0 Å². The van der Waals surface area contributed by atoms with Gasteiger partial charge < -0.3 is 4.90 Å². The lowest BCUT2D eigenvalue weighted by molar-refractivity contribution is -0.0262. The van der Waals surface area contributed by atoms with E-state index in [4.69, 9.17) is 0 Å². The summed E-state index contributed by atoms with van der Waals surface area (Å²) in [7, 11) is 0. The van der Waals surface area contributed by atoms with E-state index in [0.717, 1.165) is 36.9 Å². The Morgan fingerprint density at radius 1 is 1.04 bits per heavy atom. The van der Waals surface area contributed by atoms with Gasteiger partial charge in [-0.05, 0) is 53.5 Å². The fourth-order valence-electron chi connectivity index (χ4n) is 5.85. The second-order valence-corrected chi connectivity index (χ2v) is 9.47. The lowest BCUT2D eigenvalue weighted by atomic mass is 9.51. The van der Waals surface area contributed by atoms with Crippen LogP contribution in [0.3, 0.4) is 0 Å². The molecule has 2 aromatic rings. The molecule has 1 amide bonds. The van der Waals surface area contributed by atoms with Gasteiger partial charge in [0.2, 0.25) is 0 Å². The van der Waals surface area contributed by atoms with Crippen molar-refractivity contribution < 1.29 is 9.59 Å². The van der Waals surface area contributed by atoms with E-state index in [9.17, 15) is 9.59 Å². The first-order valence-electron chi connectivity index (χ1n) is 10.4. The summed E-state index contributed by atoms with van der Waals surface area (Å²) >= 11 is 0. The van der Waals surface area contributed by atoms with Crippen molar-refractivity contribution in [2.75, 3.05) is 6.54 Å². The summed E-state index contributed by atoms with van der Waals surface area (Å²) in [6.07, 6.45) is 3.23. The normalized spacial score (nSPS) is 27.3. The summed E-state index contributed by atoms with van der Waals surface area (Å²) in [5, 5.41) is 0. The van der Waals surface area contributed by atoms with E-state index >= 15 is 0 Å². The first-order chi connectivity index (χ1) is 13.3. The Morgan fingerprint density at radius 3 is 2.64 bits per heavy atom. The Morgan fingerprint density at radius 2 is 1.82 bits per heavy atom. The fraction of sp³-hybridized carbons (Fsp3) is 0.440. The molecular weight excluding hydrogens is 346 g/mol. The topological polar surface area (TPSA) is 37.4 Å². The highest BCUT2D eigenvalue weighted by molar-refractivity contribution is 6.03. The van der Waals surface area contributed by atoms with E-state index in [1.165, 1.54) is 11.1 Å². The molecule has 3 nitrogen and oxygen atoms in total. The fourth-order valence-corrected chi connectivity index (χ4v) is 5.85. The van der Waals surface area contributed by atoms with E-state index in [2.05, 4.69) is 49.9 Å². The van der Waals surface area contributed by atoms with Gasteiger partial charge in [-0.1, -0.05) is 51.1 Å². The van der Waals surface area contributed by atoms with Crippen LogP contribution in [0.15, 0.2) is 42.5 Å². The van der Waals surface area contributed by atoms with Crippen molar-refractivity contribution >= 4 is 11.7 Å². The van der Waals surface area contributed by atoms with Gasteiger partial charge in [0.05, 0.1) is 0 Å². The predicted molar refractivity (Wildman–Crippen MR) is 110 cm³/mol. The number of Topliss-reactive ketones (excluding diaryl/α,β-unsaturated/α-hetero) is 1. The third-order valence-electron chi connectivity index (χ3n) is 8.05. The smallest absolute Gasteiger partial charge is 0.254 e. The van der Waals surface area contributed by atoms with Crippen molar-refractivity contribution in [3.05, 3.63) is 70.3 Å². The van der Waals surface area contributed by atoms with Crippen LogP contribution in [0, 0.1) is 5.41 Å². The van der Waals surface area contributed by atoms with Gasteiger partial charge in [-0.3, -0.25) is 9.59 Å². The minimum atomic E-state index is -0.0121. The number of ketones is 1. The second kappa shape index (κ2) is 5.79. The van der Waals surface area contributed by atoms with Gasteiger partial charge in [0, 0.05) is 35.5 Å². The van der Waals surface area contributed by atoms with Crippen molar-refractivity contribution in [3.8, 4) is 0 Å². The second-order valence-electron chi connectivity index (χ2n) is 9.47. The monoisotopic (exact) mass is 373 g/mol. The van der Waals surface area contributed by atoms with E-state index in [0.29, 0.717) is 12.0 Å². The lowest BCUT2D eigenvalue weighted by Crippen LogP contribution is -2.64. The number of carbonyl (C=O) groups is 2. The molecule has 1 fully saturated rings. The molecule has 1 saturated heterocycles. The zero-order valence-corrected chi connectivity index (χ0v) is 16.9. The van der Waals surface area contributed by atoms with Crippen molar-refractivity contribution in [1.29, 1.82) is 0 Å². The summed E-state index contributed by atoms with van der Waals surface area (Å²) in [4.78, 5) is 27.8. The van der Waals surface area contributed by atoms with Gasteiger partial charge in [0.1, 0.15) is 0 Å². The maximum absolute atomic E-state index is 13.5. The van der Waals surface area contributed by atoms with Crippen LogP contribution < -0.4 is 0 Å². The molecule has 1 heterocycles. The summed E-state index contributed by atoms with van der Waals surface area (Å²) in [5.41, 5.74) is 5.37. The Balaban J connectivity index is 1.54. The quantitative estimate of drug-likeness (QED) is 0.734. The predicted octanol–water partition coefficient (Wildman–Crippen LogP) is 4.57. The molecule has 0 unspecified atom stereocenters. The minimum Gasteiger partial charge on any atom is -0.335 e. The number of fused-ring (bicyclic) bond motifs is 5. The molecule has 28 heavy (non-hydrogen) atoms. The van der Waals surface area contributed by atoms with Crippen molar-refractivity contribution in [3.63, 3.8) is 0 Å². The minimum absolute atomic E-state index is 0.0121. The third-order valence-corrected chi connectivity index (χ3v) is 8.05. The van der Waals surface area contributed by atoms with Crippen LogP contribution in [-0.2, 0) is 18.3 Å². The summed E-state index contributed by atoms with van der Waals surface area (Å²) < 4.78 is 0. The standard InChI is InChI=1S/C25H27NO2/c1-24(2)22-15-17-6-4-5-7-20(17)25(24,3)12-13-26(22)23(28)18-9-8-16-10-11-21(27)19(16)14-18/h4-9,14,22H,10-13,15H2,1-3H3/t22-,25+/m1/s1. The average molecular weight is 373 g/mol. The van der Waals surface area contributed by atoms with Gasteiger partial charge in [0.15, 0.2) is 5.78 Å². The van der Waals surface area contributed by atoms with Gasteiger partial charge >= 0.3 is 0 Å². The number of amides is 1. The molecule has 5 rings (SSSR count). The van der Waals surface area contributed by atoms with Crippen LogP contribution in [0.1, 0.15) is 71.0 Å². The van der Waals surface area contributed by atoms with Gasteiger partial charge in [-0.25, -0.2) is 0 Å². The van der Waals surface area contributed by atoms with E-state index in [-0.39, 0.29) is 28.6 Å². The molecule has 2 bridgehead atoms. The molecule has 0 saturated carbocycles. The molecule has 3 aliphatic rings. The Hall–Kier alpha value is -2.42. The summed E-state index contributed by atoms with van der Waals surface area (Å²) in [5.74, 6) is 0.241. The van der Waals surface area contributed by atoms with Crippen molar-refractivity contribution in [1.82, 2.24) is 4.90 Å². The SMILES string of the molecule is CC1(C)[C@H]2Cc3ccccc3[C@]1(C)CCN2C(=O)c1ccc2c(c1)C(=O)CC2. The maximum atomic E-state index is 13.5. The van der Waals surface area contributed by atoms with E-state index in [1.54, 1.807) is 0 Å². The van der Waals surface area contributed by atoms with Crippen LogP contribution in [0.2, 0.25) is 0 Å². The Kier molecular flexibility index (Phi) is 3.65. The number of likely N-dealkylation sites (tertiary alicyclic amines) is 1. The van der Waals surface area contributed by atoms with Gasteiger partial charge in [-0.2, -0.15) is 0 Å². The first-order valence-corrected chi connectivity index (χ1v) is 10.4. The Labute approximate surface area is 166 Å². The number of rotatable bonds is 1. The number of piperidine rings is 1. The number of hydrogen-bond acceptors (Lipinski definition) is 2. The van der Waals surface area contributed by atoms with Crippen molar-refractivity contribution in [2.24, 2.45) is 5.41 Å². The Bertz CT molecular complexity index is 1010. The number of nitrogens with zero attached hydrogens (tertiary/aromatic N) is 1. The van der Waals surface area contributed by atoms with Crippen LogP contribution in [0.5, 0.6) is 0 Å². The molecule has 0 aromatic heterocycles. The summed E-state index contributed by atoms with van der Waals surface area (Å²) in [6, 6.07) is 14.6. The molecule has 3 heteroatoms. The maximum Gasteiger partial charge on any atom is 0.254 e. The third kappa shape index (κ3) is 2.22. The number of benzene rings is 2. The molecule has 2 atom stereocenters. The zero-order valence-electron chi connectivity index (χ0n) is 16.9. The van der Waals surface area contributed by atoms with Crippen molar-refractivity contribution in [2.45, 2.75) is 57.9 Å². The van der Waals surface area contributed by atoms with Crippen LogP contribution in [0.4, 0.5) is 0 Å². The average Bonchev–Trinajstić information content (AvgIpc) is 3.05.